The van der Waals surface area contributed by atoms with E-state index in [9.17, 15) is 9.18 Å². The van der Waals surface area contributed by atoms with Gasteiger partial charge in [0.1, 0.15) is 6.61 Å². The van der Waals surface area contributed by atoms with Gasteiger partial charge in [-0.2, -0.15) is 0 Å². The van der Waals surface area contributed by atoms with E-state index in [2.05, 4.69) is 5.32 Å². The second-order valence-electron chi connectivity index (χ2n) is 5.52. The van der Waals surface area contributed by atoms with Crippen molar-refractivity contribution in [3.05, 3.63) is 57.9 Å². The number of benzene rings is 2. The molecule has 5 heteroatoms. The van der Waals surface area contributed by atoms with Gasteiger partial charge >= 0.3 is 0 Å². The first-order valence-electron chi connectivity index (χ1n) is 7.95. The van der Waals surface area contributed by atoms with Crippen molar-refractivity contribution in [3.63, 3.8) is 0 Å². The first kappa shape index (κ1) is 18.3. The van der Waals surface area contributed by atoms with E-state index in [0.717, 1.165) is 17.5 Å². The van der Waals surface area contributed by atoms with Crippen LogP contribution in [0.1, 0.15) is 37.0 Å². The first-order valence-corrected chi connectivity index (χ1v) is 8.33. The van der Waals surface area contributed by atoms with Crippen LogP contribution < -0.4 is 10.1 Å². The van der Waals surface area contributed by atoms with E-state index >= 15 is 0 Å². The second-order valence-corrected chi connectivity index (χ2v) is 5.93. The van der Waals surface area contributed by atoms with Crippen LogP contribution in [0, 0.1) is 12.7 Å². The van der Waals surface area contributed by atoms with Crippen molar-refractivity contribution in [2.75, 3.05) is 5.32 Å². The zero-order chi connectivity index (χ0) is 17.7. The van der Waals surface area contributed by atoms with Crippen molar-refractivity contribution in [2.45, 2.75) is 40.2 Å². The maximum Gasteiger partial charge on any atom is 0.224 e. The Balaban J connectivity index is 2.23. The molecule has 0 aliphatic heterocycles. The molecule has 0 saturated carbocycles. The van der Waals surface area contributed by atoms with Crippen LogP contribution in [0.3, 0.4) is 0 Å². The van der Waals surface area contributed by atoms with Crippen LogP contribution in [-0.4, -0.2) is 5.91 Å². The molecule has 128 valence electrons. The van der Waals surface area contributed by atoms with E-state index in [1.807, 2.05) is 13.8 Å². The van der Waals surface area contributed by atoms with Crippen LogP contribution in [-0.2, 0) is 17.8 Å². The maximum absolute atomic E-state index is 14.2. The van der Waals surface area contributed by atoms with Gasteiger partial charge in [0.25, 0.3) is 0 Å². The predicted molar refractivity (Wildman–Crippen MR) is 95.2 cm³/mol. The van der Waals surface area contributed by atoms with E-state index in [-0.39, 0.29) is 18.3 Å². The molecule has 0 aromatic heterocycles. The van der Waals surface area contributed by atoms with Crippen LogP contribution in [0.15, 0.2) is 30.3 Å². The van der Waals surface area contributed by atoms with Crippen molar-refractivity contribution in [2.24, 2.45) is 0 Å². The Morgan fingerprint density at radius 1 is 1.29 bits per heavy atom. The van der Waals surface area contributed by atoms with Crippen LogP contribution in [0.4, 0.5) is 10.1 Å². The summed E-state index contributed by atoms with van der Waals surface area (Å²) in [6.45, 7) is 5.74. The molecule has 3 nitrogen and oxygen atoms in total. The number of carbonyl (C=O) groups is 1. The highest BCUT2D eigenvalue weighted by Gasteiger charge is 2.13. The Bertz CT molecular complexity index is 746. The van der Waals surface area contributed by atoms with Crippen molar-refractivity contribution < 1.29 is 13.9 Å². The zero-order valence-corrected chi connectivity index (χ0v) is 14.8. The van der Waals surface area contributed by atoms with Gasteiger partial charge in [0.05, 0.1) is 0 Å². The van der Waals surface area contributed by atoms with Gasteiger partial charge in [0.2, 0.25) is 5.91 Å². The third-order valence-electron chi connectivity index (χ3n) is 3.86. The molecule has 0 aliphatic carbocycles. The minimum atomic E-state index is -0.399. The molecular weight excluding hydrogens is 329 g/mol. The smallest absolute Gasteiger partial charge is 0.224 e. The summed E-state index contributed by atoms with van der Waals surface area (Å²) in [7, 11) is 0. The molecule has 0 atom stereocenters. The first-order chi connectivity index (χ1) is 11.5. The molecule has 0 radical (unpaired) electrons. The highest BCUT2D eigenvalue weighted by molar-refractivity contribution is 6.31. The van der Waals surface area contributed by atoms with Crippen molar-refractivity contribution in [3.8, 4) is 5.75 Å². The molecule has 1 amide bonds. The van der Waals surface area contributed by atoms with Crippen LogP contribution in [0.5, 0.6) is 5.75 Å². The summed E-state index contributed by atoms with van der Waals surface area (Å²) in [5.41, 5.74) is 3.13. The number of halogens is 2. The number of carbonyl (C=O) groups excluding carboxylic acids is 1. The molecule has 0 saturated heterocycles. The third kappa shape index (κ3) is 4.26. The lowest BCUT2D eigenvalue weighted by Gasteiger charge is -2.15. The fourth-order valence-corrected chi connectivity index (χ4v) is 2.63. The summed E-state index contributed by atoms with van der Waals surface area (Å²) in [4.78, 5) is 11.6. The fourth-order valence-electron chi connectivity index (χ4n) is 2.40. The topological polar surface area (TPSA) is 38.3 Å². The molecule has 0 spiro atoms. The van der Waals surface area contributed by atoms with Crippen LogP contribution in [0.2, 0.25) is 5.02 Å². The number of rotatable bonds is 6. The van der Waals surface area contributed by atoms with Gasteiger partial charge in [-0.1, -0.05) is 31.5 Å². The van der Waals surface area contributed by atoms with E-state index in [1.54, 1.807) is 31.2 Å². The van der Waals surface area contributed by atoms with Gasteiger partial charge < -0.3 is 10.1 Å². The molecular formula is C19H21ClFNO2. The minimum Gasteiger partial charge on any atom is -0.486 e. The van der Waals surface area contributed by atoms with Gasteiger partial charge in [0.15, 0.2) is 11.6 Å². The summed E-state index contributed by atoms with van der Waals surface area (Å²) in [5, 5.41) is 3.25. The monoisotopic (exact) mass is 349 g/mol. The number of hydrogen-bond acceptors (Lipinski definition) is 2. The summed E-state index contributed by atoms with van der Waals surface area (Å²) in [5.74, 6) is -0.339. The minimum absolute atomic E-state index is 0.0703. The van der Waals surface area contributed by atoms with Gasteiger partial charge in [0, 0.05) is 22.7 Å². The van der Waals surface area contributed by atoms with E-state index in [4.69, 9.17) is 16.3 Å². The van der Waals surface area contributed by atoms with E-state index < -0.39 is 5.82 Å². The molecule has 2 aromatic carbocycles. The van der Waals surface area contributed by atoms with E-state index in [0.29, 0.717) is 22.7 Å². The van der Waals surface area contributed by atoms with Crippen molar-refractivity contribution >= 4 is 23.2 Å². The number of ether oxygens (including phenoxy) is 1. The summed E-state index contributed by atoms with van der Waals surface area (Å²) in [6.07, 6.45) is 1.12. The Labute approximate surface area is 146 Å². The molecule has 2 rings (SSSR count). The fraction of sp³-hybridized carbons (Fsp3) is 0.316. The average molecular weight is 350 g/mol. The Kier molecular flexibility index (Phi) is 6.21. The molecule has 24 heavy (non-hydrogen) atoms. The van der Waals surface area contributed by atoms with Gasteiger partial charge in [-0.15, -0.1) is 0 Å². The van der Waals surface area contributed by atoms with Crippen LogP contribution >= 0.6 is 11.6 Å². The van der Waals surface area contributed by atoms with Gasteiger partial charge in [-0.3, -0.25) is 4.79 Å². The highest BCUT2D eigenvalue weighted by Crippen LogP contribution is 2.28. The standard InChI is InChI=1S/C19H21ClFNO2/c1-4-13-10-16(21)18(9-12(13)3)24-11-14-15(20)7-6-8-17(14)22-19(23)5-2/h6-10H,4-5,11H2,1-3H3,(H,22,23). The normalized spacial score (nSPS) is 10.5. The lowest BCUT2D eigenvalue weighted by atomic mass is 10.1. The summed E-state index contributed by atoms with van der Waals surface area (Å²) >= 11 is 6.22. The highest BCUT2D eigenvalue weighted by atomic mass is 35.5. The average Bonchev–Trinajstić information content (AvgIpc) is 2.56. The van der Waals surface area contributed by atoms with E-state index in [1.165, 1.54) is 6.07 Å². The molecule has 0 fully saturated rings. The number of amides is 1. The lowest BCUT2D eigenvalue weighted by molar-refractivity contribution is -0.115. The molecule has 0 aliphatic rings. The summed E-state index contributed by atoms with van der Waals surface area (Å²) < 4.78 is 19.8. The largest absolute Gasteiger partial charge is 0.486 e. The molecule has 0 unspecified atom stereocenters. The molecule has 1 N–H and O–H groups in total. The second kappa shape index (κ2) is 8.15. The molecule has 0 heterocycles. The Hall–Kier alpha value is -2.07. The van der Waals surface area contributed by atoms with Gasteiger partial charge in [-0.05, 0) is 48.7 Å². The third-order valence-corrected chi connectivity index (χ3v) is 4.21. The SMILES string of the molecule is CCC(=O)Nc1cccc(Cl)c1COc1cc(C)c(CC)cc1F. The van der Waals surface area contributed by atoms with Crippen LogP contribution in [0.25, 0.3) is 0 Å². The number of anilines is 1. The Morgan fingerprint density at radius 3 is 2.71 bits per heavy atom. The quantitative estimate of drug-likeness (QED) is 0.770. The van der Waals surface area contributed by atoms with Crippen molar-refractivity contribution in [1.29, 1.82) is 0 Å². The summed E-state index contributed by atoms with van der Waals surface area (Å²) in [6, 6.07) is 8.40. The number of aryl methyl sites for hydroxylation is 2. The zero-order valence-electron chi connectivity index (χ0n) is 14.1. The van der Waals surface area contributed by atoms with Gasteiger partial charge in [-0.25, -0.2) is 4.39 Å². The molecule has 0 bridgehead atoms. The number of hydrogen-bond donors (Lipinski definition) is 1. The lowest BCUT2D eigenvalue weighted by Crippen LogP contribution is -2.12. The van der Waals surface area contributed by atoms with Crippen molar-refractivity contribution in [1.82, 2.24) is 0 Å². The predicted octanol–water partition coefficient (Wildman–Crippen LogP) is 5.28. The molecule has 2 aromatic rings. The maximum atomic E-state index is 14.2. The number of nitrogens with one attached hydrogen (secondary N) is 1. The Morgan fingerprint density at radius 2 is 2.04 bits per heavy atom.